The standard InChI is InChI=1S/C11H9N3O/c1-15-11-10(7-13-14-11)9-4-2-3-8(5-9)6-12/h2-5,7H,1H3,(H,13,14). The van der Waals surface area contributed by atoms with Gasteiger partial charge in [0.2, 0.25) is 5.88 Å². The van der Waals surface area contributed by atoms with E-state index in [9.17, 15) is 0 Å². The normalized spacial score (nSPS) is 9.60. The molecule has 1 N–H and O–H groups in total. The first kappa shape index (κ1) is 9.28. The van der Waals surface area contributed by atoms with Crippen molar-refractivity contribution in [3.63, 3.8) is 0 Å². The highest BCUT2D eigenvalue weighted by molar-refractivity contribution is 5.69. The van der Waals surface area contributed by atoms with Gasteiger partial charge in [0.1, 0.15) is 0 Å². The van der Waals surface area contributed by atoms with Crippen LogP contribution in [-0.4, -0.2) is 17.3 Å². The maximum absolute atomic E-state index is 8.78. The fourth-order valence-corrected chi connectivity index (χ4v) is 1.39. The second-order valence-electron chi connectivity index (χ2n) is 3.01. The zero-order chi connectivity index (χ0) is 10.7. The van der Waals surface area contributed by atoms with E-state index in [1.54, 1.807) is 25.4 Å². The number of nitrogens with one attached hydrogen (secondary N) is 1. The topological polar surface area (TPSA) is 61.7 Å². The van der Waals surface area contributed by atoms with Gasteiger partial charge < -0.3 is 4.74 Å². The van der Waals surface area contributed by atoms with E-state index < -0.39 is 0 Å². The third-order valence-electron chi connectivity index (χ3n) is 2.11. The number of rotatable bonds is 2. The van der Waals surface area contributed by atoms with E-state index in [0.29, 0.717) is 11.4 Å². The SMILES string of the molecule is COc1[nH]ncc1-c1cccc(C#N)c1. The van der Waals surface area contributed by atoms with E-state index in [1.165, 1.54) is 0 Å². The number of nitrogens with zero attached hydrogens (tertiary/aromatic N) is 2. The third-order valence-corrected chi connectivity index (χ3v) is 2.11. The molecule has 0 aliphatic rings. The lowest BCUT2D eigenvalue weighted by atomic mass is 10.1. The summed E-state index contributed by atoms with van der Waals surface area (Å²) < 4.78 is 5.11. The molecule has 0 aliphatic heterocycles. The Morgan fingerprint density at radius 3 is 3.07 bits per heavy atom. The summed E-state index contributed by atoms with van der Waals surface area (Å²) in [6.07, 6.45) is 1.68. The van der Waals surface area contributed by atoms with E-state index in [0.717, 1.165) is 11.1 Å². The van der Waals surface area contributed by atoms with Gasteiger partial charge in [-0.15, -0.1) is 0 Å². The van der Waals surface area contributed by atoms with Crippen molar-refractivity contribution in [3.8, 4) is 23.1 Å². The number of aromatic amines is 1. The molecule has 2 rings (SSSR count). The summed E-state index contributed by atoms with van der Waals surface area (Å²) in [5.74, 6) is 0.602. The van der Waals surface area contributed by atoms with Gasteiger partial charge in [0, 0.05) is 0 Å². The van der Waals surface area contributed by atoms with Gasteiger partial charge in [0.05, 0.1) is 30.5 Å². The predicted octanol–water partition coefficient (Wildman–Crippen LogP) is 1.96. The van der Waals surface area contributed by atoms with Crippen LogP contribution < -0.4 is 4.74 Å². The summed E-state index contributed by atoms with van der Waals surface area (Å²) in [5, 5.41) is 15.4. The van der Waals surface area contributed by atoms with Crippen molar-refractivity contribution < 1.29 is 4.74 Å². The summed E-state index contributed by atoms with van der Waals surface area (Å²) >= 11 is 0. The average Bonchev–Trinajstić information content (AvgIpc) is 2.77. The molecule has 1 heterocycles. The van der Waals surface area contributed by atoms with Crippen LogP contribution in [0.25, 0.3) is 11.1 Å². The van der Waals surface area contributed by atoms with E-state index >= 15 is 0 Å². The molecular formula is C11H9N3O. The van der Waals surface area contributed by atoms with Crippen LogP contribution in [0.3, 0.4) is 0 Å². The van der Waals surface area contributed by atoms with Crippen LogP contribution >= 0.6 is 0 Å². The zero-order valence-corrected chi connectivity index (χ0v) is 8.19. The van der Waals surface area contributed by atoms with Crippen molar-refractivity contribution in [2.75, 3.05) is 7.11 Å². The highest BCUT2D eigenvalue weighted by atomic mass is 16.5. The molecule has 0 atom stereocenters. The van der Waals surface area contributed by atoms with Crippen molar-refractivity contribution in [1.82, 2.24) is 10.2 Å². The first-order valence-corrected chi connectivity index (χ1v) is 4.43. The number of benzene rings is 1. The number of hydrogen-bond donors (Lipinski definition) is 1. The summed E-state index contributed by atoms with van der Waals surface area (Å²) in [7, 11) is 1.57. The van der Waals surface area contributed by atoms with E-state index in [-0.39, 0.29) is 0 Å². The quantitative estimate of drug-likeness (QED) is 0.804. The fraction of sp³-hybridized carbons (Fsp3) is 0.0909. The lowest BCUT2D eigenvalue weighted by Crippen LogP contribution is -1.86. The van der Waals surface area contributed by atoms with Gasteiger partial charge in [0.25, 0.3) is 0 Å². The summed E-state index contributed by atoms with van der Waals surface area (Å²) in [5.41, 5.74) is 2.39. The minimum atomic E-state index is 0.602. The summed E-state index contributed by atoms with van der Waals surface area (Å²) in [4.78, 5) is 0. The van der Waals surface area contributed by atoms with Gasteiger partial charge in [-0.1, -0.05) is 12.1 Å². The maximum Gasteiger partial charge on any atom is 0.216 e. The highest BCUT2D eigenvalue weighted by Crippen LogP contribution is 2.27. The number of H-pyrrole nitrogens is 1. The van der Waals surface area contributed by atoms with Gasteiger partial charge in [0.15, 0.2) is 0 Å². The fourth-order valence-electron chi connectivity index (χ4n) is 1.39. The van der Waals surface area contributed by atoms with Gasteiger partial charge >= 0.3 is 0 Å². The van der Waals surface area contributed by atoms with E-state index in [4.69, 9.17) is 10.00 Å². The number of nitriles is 1. The predicted molar refractivity (Wildman–Crippen MR) is 55.3 cm³/mol. The summed E-state index contributed by atoms with van der Waals surface area (Å²) in [6.45, 7) is 0. The van der Waals surface area contributed by atoms with Crippen LogP contribution in [0.1, 0.15) is 5.56 Å². The number of hydrogen-bond acceptors (Lipinski definition) is 3. The first-order chi connectivity index (χ1) is 7.35. The molecule has 0 amide bonds. The Balaban J connectivity index is 2.50. The Labute approximate surface area is 87.1 Å². The van der Waals surface area contributed by atoms with Crippen molar-refractivity contribution in [3.05, 3.63) is 36.0 Å². The van der Waals surface area contributed by atoms with Gasteiger partial charge in [-0.05, 0) is 17.7 Å². The van der Waals surface area contributed by atoms with E-state index in [2.05, 4.69) is 16.3 Å². The van der Waals surface area contributed by atoms with Crippen molar-refractivity contribution in [2.24, 2.45) is 0 Å². The van der Waals surface area contributed by atoms with Crippen LogP contribution in [-0.2, 0) is 0 Å². The first-order valence-electron chi connectivity index (χ1n) is 4.43. The minimum Gasteiger partial charge on any atom is -0.481 e. The van der Waals surface area contributed by atoms with Crippen molar-refractivity contribution >= 4 is 0 Å². The molecule has 0 aliphatic carbocycles. The van der Waals surface area contributed by atoms with Crippen LogP contribution in [0.2, 0.25) is 0 Å². The van der Waals surface area contributed by atoms with Gasteiger partial charge in [-0.2, -0.15) is 10.4 Å². The van der Waals surface area contributed by atoms with Gasteiger partial charge in [-0.3, -0.25) is 0 Å². The Morgan fingerprint density at radius 1 is 1.47 bits per heavy atom. The molecule has 15 heavy (non-hydrogen) atoms. The summed E-state index contributed by atoms with van der Waals surface area (Å²) in [6, 6.07) is 9.40. The molecule has 2 aromatic rings. The molecule has 4 heteroatoms. The zero-order valence-electron chi connectivity index (χ0n) is 8.19. The Hall–Kier alpha value is -2.28. The molecule has 0 saturated heterocycles. The Kier molecular flexibility index (Phi) is 2.38. The third kappa shape index (κ3) is 1.67. The molecule has 0 saturated carbocycles. The molecule has 0 fully saturated rings. The molecule has 4 nitrogen and oxygen atoms in total. The second-order valence-corrected chi connectivity index (χ2v) is 3.01. The smallest absolute Gasteiger partial charge is 0.216 e. The molecule has 74 valence electrons. The Morgan fingerprint density at radius 2 is 2.33 bits per heavy atom. The van der Waals surface area contributed by atoms with Crippen LogP contribution in [0.15, 0.2) is 30.5 Å². The molecule has 0 radical (unpaired) electrons. The van der Waals surface area contributed by atoms with Crippen LogP contribution in [0, 0.1) is 11.3 Å². The molecule has 0 unspecified atom stereocenters. The monoisotopic (exact) mass is 199 g/mol. The van der Waals surface area contributed by atoms with Gasteiger partial charge in [-0.25, -0.2) is 5.10 Å². The number of methoxy groups -OCH3 is 1. The molecule has 0 bridgehead atoms. The lowest BCUT2D eigenvalue weighted by molar-refractivity contribution is 0.398. The highest BCUT2D eigenvalue weighted by Gasteiger charge is 2.07. The lowest BCUT2D eigenvalue weighted by Gasteiger charge is -2.01. The van der Waals surface area contributed by atoms with Crippen molar-refractivity contribution in [1.29, 1.82) is 5.26 Å². The maximum atomic E-state index is 8.78. The molecule has 1 aromatic carbocycles. The van der Waals surface area contributed by atoms with Crippen molar-refractivity contribution in [2.45, 2.75) is 0 Å². The average molecular weight is 199 g/mol. The number of aromatic nitrogens is 2. The molecule has 1 aromatic heterocycles. The Bertz CT molecular complexity index is 511. The minimum absolute atomic E-state index is 0.602. The molecule has 0 spiro atoms. The second kappa shape index (κ2) is 3.84. The van der Waals surface area contributed by atoms with E-state index in [1.807, 2.05) is 12.1 Å². The van der Waals surface area contributed by atoms with Crippen LogP contribution in [0.4, 0.5) is 0 Å². The largest absolute Gasteiger partial charge is 0.481 e. The molecular weight excluding hydrogens is 190 g/mol. The van der Waals surface area contributed by atoms with Crippen LogP contribution in [0.5, 0.6) is 5.88 Å². The number of ether oxygens (including phenoxy) is 1.